The molecule has 0 saturated carbocycles. The number of carbonyl (C=O) groups is 2. The Labute approximate surface area is 109 Å². The van der Waals surface area contributed by atoms with Crippen molar-refractivity contribution in [2.45, 2.75) is 38.5 Å². The Hall–Kier alpha value is -0.590. The fraction of sp³-hybridized carbons (Fsp3) is 0.636. The molecule has 0 atom stereocenters. The van der Waals surface area contributed by atoms with Gasteiger partial charge in [-0.2, -0.15) is 0 Å². The van der Waals surface area contributed by atoms with E-state index in [0.717, 1.165) is 12.8 Å². The van der Waals surface area contributed by atoms with Gasteiger partial charge in [-0.1, -0.05) is 35.1 Å². The van der Waals surface area contributed by atoms with Crippen molar-refractivity contribution in [1.82, 2.24) is 0 Å². The number of carboxylic acid groups (broad SMARTS) is 1. The van der Waals surface area contributed by atoms with E-state index in [1.807, 2.05) is 10.2 Å². The van der Waals surface area contributed by atoms with Crippen LogP contribution in [0.3, 0.4) is 0 Å². The molecule has 16 heavy (non-hydrogen) atoms. The molecule has 0 spiro atoms. The summed E-state index contributed by atoms with van der Waals surface area (Å²) < 4.78 is 6.85. The molecule has 0 aliphatic rings. The predicted octanol–water partition coefficient (Wildman–Crippen LogP) is 2.90. The highest BCUT2D eigenvalue weighted by molar-refractivity contribution is 14.1. The summed E-state index contributed by atoms with van der Waals surface area (Å²) in [5.41, 5.74) is 0. The second-order valence-electron chi connectivity index (χ2n) is 3.33. The molecule has 4 nitrogen and oxygen atoms in total. The minimum Gasteiger partial charge on any atom is -0.481 e. The van der Waals surface area contributed by atoms with Crippen LogP contribution in [-0.2, 0) is 14.3 Å². The molecule has 92 valence electrons. The summed E-state index contributed by atoms with van der Waals surface area (Å²) in [6.45, 7) is 0.424. The Morgan fingerprint density at radius 1 is 1.19 bits per heavy atom. The van der Waals surface area contributed by atoms with Gasteiger partial charge in [-0.25, -0.2) is 0 Å². The van der Waals surface area contributed by atoms with Crippen LogP contribution in [0, 0.1) is 0 Å². The topological polar surface area (TPSA) is 63.6 Å². The maximum atomic E-state index is 11.1. The Morgan fingerprint density at radius 2 is 1.88 bits per heavy atom. The van der Waals surface area contributed by atoms with E-state index in [-0.39, 0.29) is 12.4 Å². The summed E-state index contributed by atoms with van der Waals surface area (Å²) in [6.07, 6.45) is 5.32. The van der Waals surface area contributed by atoms with E-state index in [0.29, 0.717) is 25.9 Å². The SMILES string of the molecule is O=C(O)CCCCCC(=O)OCC/C=C/I. The zero-order valence-electron chi connectivity index (χ0n) is 9.15. The average Bonchev–Trinajstić information content (AvgIpc) is 2.23. The summed E-state index contributed by atoms with van der Waals surface area (Å²) in [4.78, 5) is 21.3. The lowest BCUT2D eigenvalue weighted by atomic mass is 10.1. The molecule has 0 aromatic heterocycles. The van der Waals surface area contributed by atoms with Gasteiger partial charge in [-0.3, -0.25) is 9.59 Å². The quantitative estimate of drug-likeness (QED) is 0.398. The summed E-state index contributed by atoms with van der Waals surface area (Å²) in [5.74, 6) is -0.981. The maximum Gasteiger partial charge on any atom is 0.305 e. The lowest BCUT2D eigenvalue weighted by Gasteiger charge is -2.02. The number of carbonyl (C=O) groups excluding carboxylic acids is 1. The Kier molecular flexibility index (Phi) is 10.5. The Balaban J connectivity index is 3.27. The van der Waals surface area contributed by atoms with Crippen LogP contribution >= 0.6 is 22.6 Å². The molecule has 1 N–H and O–H groups in total. The zero-order valence-corrected chi connectivity index (χ0v) is 11.3. The monoisotopic (exact) mass is 340 g/mol. The standard InChI is InChI=1S/C11H17IO4/c12-8-4-5-9-16-11(15)7-3-1-2-6-10(13)14/h4,8H,1-3,5-7,9H2,(H,13,14)/b8-4+. The van der Waals surface area contributed by atoms with E-state index in [1.165, 1.54) is 0 Å². The highest BCUT2D eigenvalue weighted by Gasteiger charge is 2.02. The van der Waals surface area contributed by atoms with Crippen molar-refractivity contribution >= 4 is 34.5 Å². The van der Waals surface area contributed by atoms with Crippen LogP contribution in [0.25, 0.3) is 0 Å². The van der Waals surface area contributed by atoms with Crippen molar-refractivity contribution in [2.75, 3.05) is 6.61 Å². The summed E-state index contributed by atoms with van der Waals surface area (Å²) in [7, 11) is 0. The first-order chi connectivity index (χ1) is 7.66. The third-order valence-corrected chi connectivity index (χ3v) is 2.42. The van der Waals surface area contributed by atoms with E-state index in [2.05, 4.69) is 22.6 Å². The van der Waals surface area contributed by atoms with Crippen molar-refractivity contribution in [3.05, 3.63) is 10.2 Å². The Bertz CT molecular complexity index is 238. The van der Waals surface area contributed by atoms with E-state index in [1.54, 1.807) is 0 Å². The second-order valence-corrected chi connectivity index (χ2v) is 4.04. The van der Waals surface area contributed by atoms with Gasteiger partial charge in [0.05, 0.1) is 6.61 Å². The third-order valence-electron chi connectivity index (χ3n) is 1.91. The summed E-state index contributed by atoms with van der Waals surface area (Å²) in [6, 6.07) is 0. The molecular weight excluding hydrogens is 323 g/mol. The third kappa shape index (κ3) is 11.5. The highest BCUT2D eigenvalue weighted by atomic mass is 127. The number of unbranched alkanes of at least 4 members (excludes halogenated alkanes) is 2. The smallest absolute Gasteiger partial charge is 0.305 e. The van der Waals surface area contributed by atoms with Gasteiger partial charge in [0.15, 0.2) is 0 Å². The van der Waals surface area contributed by atoms with Crippen LogP contribution in [0.2, 0.25) is 0 Å². The van der Waals surface area contributed by atoms with E-state index >= 15 is 0 Å². The van der Waals surface area contributed by atoms with Crippen molar-refractivity contribution < 1.29 is 19.4 Å². The van der Waals surface area contributed by atoms with Crippen LogP contribution in [0.5, 0.6) is 0 Å². The molecular formula is C11H17IO4. The van der Waals surface area contributed by atoms with Crippen molar-refractivity contribution in [2.24, 2.45) is 0 Å². The molecule has 5 heteroatoms. The van der Waals surface area contributed by atoms with Crippen molar-refractivity contribution in [3.8, 4) is 0 Å². The van der Waals surface area contributed by atoms with Crippen molar-refractivity contribution in [3.63, 3.8) is 0 Å². The first-order valence-corrected chi connectivity index (χ1v) is 6.54. The summed E-state index contributed by atoms with van der Waals surface area (Å²) in [5, 5.41) is 8.39. The number of esters is 1. The first kappa shape index (κ1) is 15.4. The fourth-order valence-corrected chi connectivity index (χ4v) is 1.46. The molecule has 0 radical (unpaired) electrons. The molecule has 0 aliphatic carbocycles. The van der Waals surface area contributed by atoms with Gasteiger partial charge in [0.1, 0.15) is 0 Å². The molecule has 0 bridgehead atoms. The van der Waals surface area contributed by atoms with Crippen molar-refractivity contribution in [1.29, 1.82) is 0 Å². The lowest BCUT2D eigenvalue weighted by Crippen LogP contribution is -2.05. The van der Waals surface area contributed by atoms with Gasteiger partial charge < -0.3 is 9.84 Å². The van der Waals surface area contributed by atoms with Gasteiger partial charge >= 0.3 is 11.9 Å². The minimum atomic E-state index is -0.784. The van der Waals surface area contributed by atoms with Gasteiger partial charge in [-0.05, 0) is 16.9 Å². The van der Waals surface area contributed by atoms with Crippen LogP contribution in [-0.4, -0.2) is 23.7 Å². The van der Waals surface area contributed by atoms with E-state index < -0.39 is 5.97 Å². The van der Waals surface area contributed by atoms with Gasteiger partial charge in [0, 0.05) is 19.3 Å². The Morgan fingerprint density at radius 3 is 2.50 bits per heavy atom. The fourth-order valence-electron chi connectivity index (χ4n) is 1.10. The number of rotatable bonds is 9. The molecule has 0 amide bonds. The molecule has 0 aliphatic heterocycles. The number of hydrogen-bond donors (Lipinski definition) is 1. The van der Waals surface area contributed by atoms with Crippen LogP contribution < -0.4 is 0 Å². The van der Waals surface area contributed by atoms with Gasteiger partial charge in [-0.15, -0.1) is 0 Å². The van der Waals surface area contributed by atoms with Gasteiger partial charge in [0.2, 0.25) is 0 Å². The number of halogens is 1. The minimum absolute atomic E-state index is 0.176. The molecule has 0 fully saturated rings. The predicted molar refractivity (Wildman–Crippen MR) is 69.5 cm³/mol. The normalized spacial score (nSPS) is 10.6. The number of carboxylic acids is 1. The molecule has 0 unspecified atom stereocenters. The highest BCUT2D eigenvalue weighted by Crippen LogP contribution is 2.04. The zero-order chi connectivity index (χ0) is 12.2. The number of hydrogen-bond acceptors (Lipinski definition) is 3. The summed E-state index contributed by atoms with van der Waals surface area (Å²) >= 11 is 2.11. The van der Waals surface area contributed by atoms with Crippen LogP contribution in [0.4, 0.5) is 0 Å². The lowest BCUT2D eigenvalue weighted by molar-refractivity contribution is -0.143. The molecule has 0 saturated heterocycles. The molecule has 0 rings (SSSR count). The average molecular weight is 340 g/mol. The largest absolute Gasteiger partial charge is 0.481 e. The molecule has 0 aromatic carbocycles. The second kappa shape index (κ2) is 10.9. The first-order valence-electron chi connectivity index (χ1n) is 5.29. The molecule has 0 heterocycles. The molecule has 0 aromatic rings. The number of ether oxygens (including phenoxy) is 1. The van der Waals surface area contributed by atoms with Crippen LogP contribution in [0.15, 0.2) is 10.2 Å². The van der Waals surface area contributed by atoms with Gasteiger partial charge in [0.25, 0.3) is 0 Å². The number of aliphatic carboxylic acids is 1. The van der Waals surface area contributed by atoms with E-state index in [4.69, 9.17) is 9.84 Å². The van der Waals surface area contributed by atoms with E-state index in [9.17, 15) is 9.59 Å². The van der Waals surface area contributed by atoms with Crippen LogP contribution in [0.1, 0.15) is 38.5 Å². The maximum absolute atomic E-state index is 11.1.